The molecule has 0 rings (SSSR count). The highest BCUT2D eigenvalue weighted by Gasteiger charge is 2.25. The Morgan fingerprint density at radius 3 is 1.93 bits per heavy atom. The second-order valence-electron chi connectivity index (χ2n) is 3.59. The lowest BCUT2D eigenvalue weighted by Crippen LogP contribution is -2.20. The lowest BCUT2D eigenvalue weighted by atomic mass is 10.0. The average molecular weight is 189 g/mol. The molecule has 0 fully saturated rings. The van der Waals surface area contributed by atoms with Gasteiger partial charge in [0.15, 0.2) is 11.1 Å². The number of nitrogens with zero attached hydrogens (tertiary/aromatic N) is 5. The summed E-state index contributed by atoms with van der Waals surface area (Å²) in [4.78, 5) is 0. The maximum absolute atomic E-state index is 8.75. The van der Waals surface area contributed by atoms with Crippen molar-refractivity contribution in [3.8, 4) is 18.2 Å². The molecule has 0 radical (unpaired) electrons. The number of azo groups is 1. The second kappa shape index (κ2) is 4.35. The number of hydrogen-bond donors (Lipinski definition) is 0. The molecule has 0 aliphatic carbocycles. The van der Waals surface area contributed by atoms with Crippen molar-refractivity contribution in [3.63, 3.8) is 0 Å². The Labute approximate surface area is 83.3 Å². The maximum atomic E-state index is 8.75. The molecule has 0 aromatic rings. The largest absolute Gasteiger partial charge is 0.198 e. The molecule has 72 valence electrons. The molecule has 5 heteroatoms. The van der Waals surface area contributed by atoms with Crippen LogP contribution in [-0.2, 0) is 0 Å². The van der Waals surface area contributed by atoms with E-state index >= 15 is 0 Å². The highest BCUT2D eigenvalue weighted by atomic mass is 15.2. The van der Waals surface area contributed by atoms with Crippen LogP contribution in [-0.4, -0.2) is 11.1 Å². The van der Waals surface area contributed by atoms with Crippen LogP contribution >= 0.6 is 0 Å². The summed E-state index contributed by atoms with van der Waals surface area (Å²) in [5, 5.41) is 33.3. The average Bonchev–Trinajstić information content (AvgIpc) is 2.16. The molecule has 0 aliphatic rings. The Hall–Kier alpha value is -1.93. The number of hydrogen-bond acceptors (Lipinski definition) is 5. The van der Waals surface area contributed by atoms with Gasteiger partial charge in [0.05, 0.1) is 24.6 Å². The summed E-state index contributed by atoms with van der Waals surface area (Å²) in [6, 6.07) is 5.67. The van der Waals surface area contributed by atoms with E-state index in [4.69, 9.17) is 15.8 Å². The van der Waals surface area contributed by atoms with Gasteiger partial charge in [0.1, 0.15) is 0 Å². The molecular formula is C9H11N5. The van der Waals surface area contributed by atoms with Crippen molar-refractivity contribution < 1.29 is 0 Å². The fourth-order valence-corrected chi connectivity index (χ4v) is 0.509. The first-order valence-corrected chi connectivity index (χ1v) is 4.03. The Morgan fingerprint density at radius 1 is 1.00 bits per heavy atom. The van der Waals surface area contributed by atoms with E-state index in [1.807, 2.05) is 18.2 Å². The number of nitriles is 3. The smallest absolute Gasteiger partial charge is 0.177 e. The molecule has 0 aliphatic heterocycles. The molecule has 0 heterocycles. The normalized spacial score (nSPS) is 15.1. The van der Waals surface area contributed by atoms with Crippen molar-refractivity contribution in [3.05, 3.63) is 0 Å². The Bertz CT molecular complexity index is 349. The Kier molecular flexibility index (Phi) is 3.75. The van der Waals surface area contributed by atoms with Crippen molar-refractivity contribution in [1.29, 1.82) is 15.8 Å². The van der Waals surface area contributed by atoms with Gasteiger partial charge < -0.3 is 0 Å². The van der Waals surface area contributed by atoms with E-state index in [-0.39, 0.29) is 6.42 Å². The lowest BCUT2D eigenvalue weighted by Gasteiger charge is -2.13. The van der Waals surface area contributed by atoms with Gasteiger partial charge in [-0.3, -0.25) is 0 Å². The van der Waals surface area contributed by atoms with E-state index < -0.39 is 11.1 Å². The van der Waals surface area contributed by atoms with E-state index in [1.54, 1.807) is 13.8 Å². The Morgan fingerprint density at radius 2 is 1.57 bits per heavy atom. The van der Waals surface area contributed by atoms with E-state index in [1.165, 1.54) is 6.92 Å². The number of rotatable bonds is 3. The van der Waals surface area contributed by atoms with Gasteiger partial charge in [-0.15, -0.1) is 0 Å². The van der Waals surface area contributed by atoms with Crippen LogP contribution in [0.1, 0.15) is 27.2 Å². The van der Waals surface area contributed by atoms with Crippen LogP contribution in [0.15, 0.2) is 10.2 Å². The van der Waals surface area contributed by atoms with Gasteiger partial charge in [0, 0.05) is 0 Å². The highest BCUT2D eigenvalue weighted by molar-refractivity contribution is 5.09. The Balaban J connectivity index is 4.76. The zero-order valence-electron chi connectivity index (χ0n) is 8.44. The predicted molar refractivity (Wildman–Crippen MR) is 48.8 cm³/mol. The SMILES string of the molecule is CC(C)(C#N)N=NC(C)(C#N)CC#N. The fraction of sp³-hybridized carbons (Fsp3) is 0.667. The molecule has 0 saturated carbocycles. The minimum atomic E-state index is -1.15. The standard InChI is InChI=1S/C9H11N5/c1-8(2,6-11)13-14-9(3,7-12)4-5-10/h4H2,1-3H3. The van der Waals surface area contributed by atoms with Gasteiger partial charge in [-0.1, -0.05) is 0 Å². The van der Waals surface area contributed by atoms with E-state index in [0.29, 0.717) is 0 Å². The first-order chi connectivity index (χ1) is 6.39. The molecule has 1 unspecified atom stereocenters. The summed E-state index contributed by atoms with van der Waals surface area (Å²) in [7, 11) is 0. The van der Waals surface area contributed by atoms with E-state index in [0.717, 1.165) is 0 Å². The fourth-order valence-electron chi connectivity index (χ4n) is 0.509. The molecule has 0 N–H and O–H groups in total. The van der Waals surface area contributed by atoms with Crippen LogP contribution in [0.3, 0.4) is 0 Å². The van der Waals surface area contributed by atoms with Crippen LogP contribution < -0.4 is 0 Å². The lowest BCUT2D eigenvalue weighted by molar-refractivity contribution is 0.518. The van der Waals surface area contributed by atoms with Gasteiger partial charge in [0.25, 0.3) is 0 Å². The molecular weight excluding hydrogens is 178 g/mol. The van der Waals surface area contributed by atoms with Crippen LogP contribution in [0.5, 0.6) is 0 Å². The molecule has 0 bridgehead atoms. The van der Waals surface area contributed by atoms with Crippen LogP contribution in [0.4, 0.5) is 0 Å². The summed E-state index contributed by atoms with van der Waals surface area (Å²) in [6.07, 6.45) is -0.0332. The third-order valence-electron chi connectivity index (χ3n) is 1.46. The first-order valence-electron chi connectivity index (χ1n) is 4.03. The summed E-state index contributed by atoms with van der Waals surface area (Å²) in [6.45, 7) is 4.68. The zero-order valence-corrected chi connectivity index (χ0v) is 8.44. The summed E-state index contributed by atoms with van der Waals surface area (Å²) in [5.74, 6) is 0. The van der Waals surface area contributed by atoms with Crippen LogP contribution in [0, 0.1) is 34.0 Å². The predicted octanol–water partition coefficient (Wildman–Crippen LogP) is 1.94. The molecule has 0 aromatic carbocycles. The van der Waals surface area contributed by atoms with Crippen molar-refractivity contribution in [2.24, 2.45) is 10.2 Å². The highest BCUT2D eigenvalue weighted by Crippen LogP contribution is 2.17. The van der Waals surface area contributed by atoms with Gasteiger partial charge in [-0.25, -0.2) is 0 Å². The van der Waals surface area contributed by atoms with Gasteiger partial charge >= 0.3 is 0 Å². The van der Waals surface area contributed by atoms with Crippen molar-refractivity contribution in [2.45, 2.75) is 38.3 Å². The van der Waals surface area contributed by atoms with Crippen molar-refractivity contribution in [1.82, 2.24) is 0 Å². The molecule has 1 atom stereocenters. The second-order valence-corrected chi connectivity index (χ2v) is 3.59. The topological polar surface area (TPSA) is 96.1 Å². The third kappa shape index (κ3) is 3.65. The van der Waals surface area contributed by atoms with Crippen molar-refractivity contribution >= 4 is 0 Å². The minimum Gasteiger partial charge on any atom is -0.198 e. The molecule has 0 saturated heterocycles. The van der Waals surface area contributed by atoms with Gasteiger partial charge in [-0.05, 0) is 20.8 Å². The molecule has 14 heavy (non-hydrogen) atoms. The zero-order chi connectivity index (χ0) is 11.2. The molecule has 0 spiro atoms. The molecule has 0 aromatic heterocycles. The summed E-state index contributed by atoms with van der Waals surface area (Å²) < 4.78 is 0. The maximum Gasteiger partial charge on any atom is 0.177 e. The minimum absolute atomic E-state index is 0.0332. The van der Waals surface area contributed by atoms with E-state index in [2.05, 4.69) is 10.2 Å². The van der Waals surface area contributed by atoms with E-state index in [9.17, 15) is 0 Å². The summed E-state index contributed by atoms with van der Waals surface area (Å²) >= 11 is 0. The first kappa shape index (κ1) is 12.1. The van der Waals surface area contributed by atoms with Gasteiger partial charge in [0.2, 0.25) is 0 Å². The van der Waals surface area contributed by atoms with Crippen molar-refractivity contribution in [2.75, 3.05) is 0 Å². The molecule has 5 nitrogen and oxygen atoms in total. The van der Waals surface area contributed by atoms with Crippen LogP contribution in [0.2, 0.25) is 0 Å². The quantitative estimate of drug-likeness (QED) is 0.634. The monoisotopic (exact) mass is 189 g/mol. The molecule has 0 amide bonds. The third-order valence-corrected chi connectivity index (χ3v) is 1.46. The summed E-state index contributed by atoms with van der Waals surface area (Å²) in [5.41, 5.74) is -2.10. The van der Waals surface area contributed by atoms with Gasteiger partial charge in [-0.2, -0.15) is 26.0 Å². The van der Waals surface area contributed by atoms with Crippen LogP contribution in [0.25, 0.3) is 0 Å².